The first-order valence-corrected chi connectivity index (χ1v) is 7.46. The van der Waals surface area contributed by atoms with Crippen molar-refractivity contribution in [2.75, 3.05) is 5.32 Å². The molecule has 0 unspecified atom stereocenters. The van der Waals surface area contributed by atoms with E-state index in [1.807, 2.05) is 59.3 Å². The zero-order valence-electron chi connectivity index (χ0n) is 12.7. The van der Waals surface area contributed by atoms with Crippen molar-refractivity contribution in [2.24, 2.45) is 0 Å². The van der Waals surface area contributed by atoms with Gasteiger partial charge in [0.2, 0.25) is 5.91 Å². The Kier molecular flexibility index (Phi) is 3.51. The number of nitrogens with zero attached hydrogens (tertiary/aromatic N) is 5. The highest BCUT2D eigenvalue weighted by Crippen LogP contribution is 2.21. The number of nitrogens with one attached hydrogen (secondary N) is 1. The van der Waals surface area contributed by atoms with Crippen LogP contribution in [0, 0.1) is 0 Å². The topological polar surface area (TPSA) is 77.1 Å². The Bertz CT molecular complexity index is 939. The van der Waals surface area contributed by atoms with E-state index in [0.717, 1.165) is 22.6 Å². The fourth-order valence-electron chi connectivity index (χ4n) is 2.46. The molecule has 4 aromatic rings. The van der Waals surface area contributed by atoms with Crippen molar-refractivity contribution in [2.45, 2.75) is 6.54 Å². The van der Waals surface area contributed by atoms with Gasteiger partial charge in [-0.15, -0.1) is 5.10 Å². The van der Waals surface area contributed by atoms with E-state index >= 15 is 0 Å². The minimum Gasteiger partial charge on any atom is -0.324 e. The van der Waals surface area contributed by atoms with Gasteiger partial charge in [0, 0.05) is 29.8 Å². The van der Waals surface area contributed by atoms with Crippen molar-refractivity contribution >= 4 is 17.2 Å². The second-order valence-electron chi connectivity index (χ2n) is 5.32. The molecule has 0 atom stereocenters. The number of hydrogen-bond donors (Lipinski definition) is 1. The Morgan fingerprint density at radius 3 is 2.71 bits per heavy atom. The Balaban J connectivity index is 1.49. The van der Waals surface area contributed by atoms with Crippen LogP contribution in [0.3, 0.4) is 0 Å². The standard InChI is InChI=1S/C17H14N6O/c24-17(12-23-10-8-18-21-23)19-14-6-4-13(5-7-14)15-11-22-9-2-1-3-16(22)20-15/h1-11H,12H2,(H,19,24). The summed E-state index contributed by atoms with van der Waals surface area (Å²) in [7, 11) is 0. The first kappa shape index (κ1) is 14.1. The van der Waals surface area contributed by atoms with Gasteiger partial charge in [-0.3, -0.25) is 4.79 Å². The van der Waals surface area contributed by atoms with Gasteiger partial charge >= 0.3 is 0 Å². The molecule has 24 heavy (non-hydrogen) atoms. The molecule has 0 fully saturated rings. The maximum Gasteiger partial charge on any atom is 0.246 e. The van der Waals surface area contributed by atoms with Gasteiger partial charge in [-0.1, -0.05) is 23.4 Å². The average Bonchev–Trinajstić information content (AvgIpc) is 3.24. The molecule has 0 spiro atoms. The fourth-order valence-corrected chi connectivity index (χ4v) is 2.46. The van der Waals surface area contributed by atoms with E-state index in [4.69, 9.17) is 0 Å². The Morgan fingerprint density at radius 2 is 1.96 bits per heavy atom. The molecule has 0 aliphatic carbocycles. The van der Waals surface area contributed by atoms with Crippen molar-refractivity contribution in [3.8, 4) is 11.3 Å². The van der Waals surface area contributed by atoms with E-state index in [0.29, 0.717) is 0 Å². The number of aromatic nitrogens is 5. The molecule has 0 saturated heterocycles. The van der Waals surface area contributed by atoms with Gasteiger partial charge in [-0.2, -0.15) is 0 Å². The van der Waals surface area contributed by atoms with Crippen LogP contribution in [0.2, 0.25) is 0 Å². The lowest BCUT2D eigenvalue weighted by molar-refractivity contribution is -0.116. The molecular weight excluding hydrogens is 304 g/mol. The summed E-state index contributed by atoms with van der Waals surface area (Å²) in [5, 5.41) is 10.3. The largest absolute Gasteiger partial charge is 0.324 e. The molecule has 7 nitrogen and oxygen atoms in total. The second kappa shape index (κ2) is 5.96. The number of rotatable bonds is 4. The van der Waals surface area contributed by atoms with Crippen LogP contribution in [0.1, 0.15) is 0 Å². The number of fused-ring (bicyclic) bond motifs is 1. The van der Waals surface area contributed by atoms with Crippen molar-refractivity contribution in [1.29, 1.82) is 0 Å². The molecule has 0 aliphatic rings. The molecule has 3 heterocycles. The van der Waals surface area contributed by atoms with Crippen molar-refractivity contribution in [1.82, 2.24) is 24.4 Å². The van der Waals surface area contributed by atoms with E-state index in [1.54, 1.807) is 6.20 Å². The fraction of sp³-hybridized carbons (Fsp3) is 0.0588. The third kappa shape index (κ3) is 2.87. The first-order valence-electron chi connectivity index (χ1n) is 7.46. The van der Waals surface area contributed by atoms with E-state index in [-0.39, 0.29) is 12.5 Å². The van der Waals surface area contributed by atoms with Crippen molar-refractivity contribution in [3.05, 3.63) is 67.3 Å². The van der Waals surface area contributed by atoms with E-state index in [1.165, 1.54) is 10.9 Å². The smallest absolute Gasteiger partial charge is 0.246 e. The third-order valence-corrected chi connectivity index (χ3v) is 3.61. The summed E-state index contributed by atoms with van der Waals surface area (Å²) >= 11 is 0. The van der Waals surface area contributed by atoms with Crippen molar-refractivity contribution < 1.29 is 4.79 Å². The minimum absolute atomic E-state index is 0.133. The molecule has 3 aromatic heterocycles. The number of benzene rings is 1. The Hall–Kier alpha value is -3.48. The Labute approximate surface area is 137 Å². The lowest BCUT2D eigenvalue weighted by atomic mass is 10.1. The van der Waals surface area contributed by atoms with Crippen LogP contribution < -0.4 is 5.32 Å². The summed E-state index contributed by atoms with van der Waals surface area (Å²) in [4.78, 5) is 16.5. The van der Waals surface area contributed by atoms with Gasteiger partial charge in [-0.25, -0.2) is 9.67 Å². The number of hydrogen-bond acceptors (Lipinski definition) is 4. The number of imidazole rings is 1. The van der Waals surface area contributed by atoms with E-state index < -0.39 is 0 Å². The molecule has 0 aliphatic heterocycles. The maximum absolute atomic E-state index is 11.9. The highest BCUT2D eigenvalue weighted by molar-refractivity contribution is 5.90. The van der Waals surface area contributed by atoms with Gasteiger partial charge in [0.05, 0.1) is 11.9 Å². The van der Waals surface area contributed by atoms with Crippen LogP contribution in [0.5, 0.6) is 0 Å². The summed E-state index contributed by atoms with van der Waals surface area (Å²) < 4.78 is 3.45. The number of anilines is 1. The van der Waals surface area contributed by atoms with Gasteiger partial charge in [0.15, 0.2) is 0 Å². The molecule has 7 heteroatoms. The van der Waals surface area contributed by atoms with Crippen LogP contribution in [0.15, 0.2) is 67.3 Å². The van der Waals surface area contributed by atoms with Crippen LogP contribution in [-0.2, 0) is 11.3 Å². The zero-order valence-corrected chi connectivity index (χ0v) is 12.7. The lowest BCUT2D eigenvalue weighted by Gasteiger charge is -2.05. The highest BCUT2D eigenvalue weighted by Gasteiger charge is 2.06. The molecule has 1 amide bonds. The Morgan fingerprint density at radius 1 is 1.08 bits per heavy atom. The van der Waals surface area contributed by atoms with Crippen LogP contribution >= 0.6 is 0 Å². The number of pyridine rings is 1. The zero-order chi connectivity index (χ0) is 16.4. The van der Waals surface area contributed by atoms with Gasteiger partial charge in [0.1, 0.15) is 12.2 Å². The third-order valence-electron chi connectivity index (χ3n) is 3.61. The summed E-state index contributed by atoms with van der Waals surface area (Å²) in [5.41, 5.74) is 3.51. The van der Waals surface area contributed by atoms with E-state index in [2.05, 4.69) is 20.6 Å². The number of carbonyl (C=O) groups is 1. The molecule has 0 saturated carbocycles. The van der Waals surface area contributed by atoms with E-state index in [9.17, 15) is 4.79 Å². The lowest BCUT2D eigenvalue weighted by Crippen LogP contribution is -2.19. The second-order valence-corrected chi connectivity index (χ2v) is 5.32. The molecule has 4 rings (SSSR count). The van der Waals surface area contributed by atoms with Crippen LogP contribution in [0.4, 0.5) is 5.69 Å². The first-order chi connectivity index (χ1) is 11.8. The summed E-state index contributed by atoms with van der Waals surface area (Å²) in [6.07, 6.45) is 7.13. The molecule has 1 N–H and O–H groups in total. The molecular formula is C17H14N6O. The van der Waals surface area contributed by atoms with Gasteiger partial charge < -0.3 is 9.72 Å². The van der Waals surface area contributed by atoms with Crippen LogP contribution in [0.25, 0.3) is 16.9 Å². The quantitative estimate of drug-likeness (QED) is 0.626. The normalized spacial score (nSPS) is 10.8. The van der Waals surface area contributed by atoms with Crippen LogP contribution in [-0.4, -0.2) is 30.3 Å². The summed E-state index contributed by atoms with van der Waals surface area (Å²) in [5.74, 6) is -0.152. The van der Waals surface area contributed by atoms with Crippen molar-refractivity contribution in [3.63, 3.8) is 0 Å². The highest BCUT2D eigenvalue weighted by atomic mass is 16.2. The maximum atomic E-state index is 11.9. The minimum atomic E-state index is -0.152. The molecule has 0 bridgehead atoms. The number of carbonyl (C=O) groups excluding carboxylic acids is 1. The molecule has 1 aromatic carbocycles. The SMILES string of the molecule is O=C(Cn1ccnn1)Nc1ccc(-c2cn3ccccc3n2)cc1. The molecule has 0 radical (unpaired) electrons. The van der Waals surface area contributed by atoms with Gasteiger partial charge in [-0.05, 0) is 24.3 Å². The summed E-state index contributed by atoms with van der Waals surface area (Å²) in [6.45, 7) is 0.133. The average molecular weight is 318 g/mol. The molecule has 118 valence electrons. The number of amides is 1. The predicted molar refractivity (Wildman–Crippen MR) is 89.3 cm³/mol. The monoisotopic (exact) mass is 318 g/mol. The summed E-state index contributed by atoms with van der Waals surface area (Å²) in [6, 6.07) is 13.5. The predicted octanol–water partition coefficient (Wildman–Crippen LogP) is 2.23. The van der Waals surface area contributed by atoms with Gasteiger partial charge in [0.25, 0.3) is 0 Å².